The van der Waals surface area contributed by atoms with Crippen molar-refractivity contribution in [3.63, 3.8) is 0 Å². The molecule has 1 aliphatic heterocycles. The topological polar surface area (TPSA) is 105 Å². The van der Waals surface area contributed by atoms with Gasteiger partial charge < -0.3 is 19.7 Å². The number of piperidine rings is 1. The number of carbonyl (C=O) groups is 2. The molecule has 3 N–H and O–H groups in total. The van der Waals surface area contributed by atoms with Crippen molar-refractivity contribution in [3.05, 3.63) is 34.3 Å². The van der Waals surface area contributed by atoms with Crippen LogP contribution in [0.4, 0.5) is 26.3 Å². The summed E-state index contributed by atoms with van der Waals surface area (Å²) in [5.74, 6) is -11.5. The summed E-state index contributed by atoms with van der Waals surface area (Å²) in [7, 11) is 0. The fraction of sp³-hybridized carbons (Fsp3) is 0.579. The Morgan fingerprint density at radius 3 is 1.58 bits per heavy atom. The zero-order chi connectivity index (χ0) is 25.4. The lowest BCUT2D eigenvalue weighted by atomic mass is 9.64. The lowest BCUT2D eigenvalue weighted by Gasteiger charge is -2.54. The van der Waals surface area contributed by atoms with Gasteiger partial charge in [0.05, 0.1) is 13.2 Å². The number of hydrogen-bond acceptors (Lipinski definition) is 7. The first-order valence-electron chi connectivity index (χ1n) is 9.51. The van der Waals surface area contributed by atoms with Crippen molar-refractivity contribution in [2.75, 3.05) is 13.2 Å². The third-order valence-electron chi connectivity index (χ3n) is 5.20. The normalized spacial score (nSPS) is 30.6. The Morgan fingerprint density at radius 1 is 0.909 bits per heavy atom. The van der Waals surface area contributed by atoms with E-state index in [9.17, 15) is 46.1 Å². The molecule has 0 radical (unpaired) electrons. The molecule has 1 fully saturated rings. The molecule has 0 aliphatic carbocycles. The van der Waals surface area contributed by atoms with Gasteiger partial charge in [-0.25, -0.2) is 5.32 Å². The molecule has 0 spiro atoms. The van der Waals surface area contributed by atoms with Crippen LogP contribution < -0.4 is 5.32 Å². The minimum absolute atomic E-state index is 0.373. The van der Waals surface area contributed by atoms with Gasteiger partial charge >= 0.3 is 24.3 Å². The van der Waals surface area contributed by atoms with Crippen LogP contribution >= 0.6 is 15.9 Å². The molecule has 1 aromatic rings. The predicted molar refractivity (Wildman–Crippen MR) is 102 cm³/mol. The van der Waals surface area contributed by atoms with Crippen molar-refractivity contribution in [2.24, 2.45) is 11.8 Å². The van der Waals surface area contributed by atoms with Crippen molar-refractivity contribution >= 4 is 27.9 Å². The molecule has 0 amide bonds. The lowest BCUT2D eigenvalue weighted by molar-refractivity contribution is -0.376. The zero-order valence-electron chi connectivity index (χ0n) is 17.1. The van der Waals surface area contributed by atoms with E-state index in [2.05, 4.69) is 25.4 Å². The molecular weight excluding hydrogens is 532 g/mol. The van der Waals surface area contributed by atoms with Gasteiger partial charge in [0.2, 0.25) is 11.4 Å². The van der Waals surface area contributed by atoms with E-state index >= 15 is 0 Å². The Morgan fingerprint density at radius 2 is 1.27 bits per heavy atom. The zero-order valence-corrected chi connectivity index (χ0v) is 18.7. The molecule has 0 bridgehead atoms. The first kappa shape index (κ1) is 27.3. The highest BCUT2D eigenvalue weighted by Crippen LogP contribution is 2.55. The second-order valence-electron chi connectivity index (χ2n) is 7.19. The Kier molecular flexibility index (Phi) is 7.78. The Bertz CT molecular complexity index is 831. The molecule has 0 saturated carbocycles. The molecule has 14 heteroatoms. The van der Waals surface area contributed by atoms with Gasteiger partial charge in [-0.2, -0.15) is 26.3 Å². The second-order valence-corrected chi connectivity index (χ2v) is 8.11. The number of aliphatic hydroxyl groups is 2. The SMILES string of the molecule is CCOC(=O)C1C(c2ccc(Br)cc2)C(C(=O)OCC)C(O)(C(F)(F)F)NC1(O)C(F)(F)F. The van der Waals surface area contributed by atoms with Crippen LogP contribution in [0.2, 0.25) is 0 Å². The standard InChI is InChI=1S/C19H20BrF6NO6/c1-3-32-14(28)12-11(9-5-7-10(20)8-6-9)13(15(29)33-4-2)17(31,19(24,25)26)27-16(12,30)18(21,22)23/h5-8,11-13,27,30-31H,3-4H2,1-2H3. The fourth-order valence-electron chi connectivity index (χ4n) is 3.82. The van der Waals surface area contributed by atoms with Gasteiger partial charge in [0.1, 0.15) is 11.8 Å². The molecule has 33 heavy (non-hydrogen) atoms. The number of esters is 2. The molecule has 1 aliphatic rings. The minimum atomic E-state index is -5.92. The van der Waals surface area contributed by atoms with E-state index in [1.165, 1.54) is 26.0 Å². The second kappa shape index (κ2) is 9.39. The Labute approximate surface area is 192 Å². The summed E-state index contributed by atoms with van der Waals surface area (Å²) in [5, 5.41) is 21.8. The van der Waals surface area contributed by atoms with Gasteiger partial charge in [-0.3, -0.25) is 9.59 Å². The van der Waals surface area contributed by atoms with E-state index in [1.54, 1.807) is 0 Å². The molecule has 1 heterocycles. The van der Waals surface area contributed by atoms with Crippen molar-refractivity contribution in [2.45, 2.75) is 43.6 Å². The molecule has 186 valence electrons. The average Bonchev–Trinajstić information content (AvgIpc) is 2.66. The largest absolute Gasteiger partial charge is 0.466 e. The third kappa shape index (κ3) is 4.84. The number of alkyl halides is 6. The summed E-state index contributed by atoms with van der Waals surface area (Å²) in [6.07, 6.45) is -11.8. The van der Waals surface area contributed by atoms with Crippen LogP contribution in [0.15, 0.2) is 28.7 Å². The van der Waals surface area contributed by atoms with Gasteiger partial charge in [-0.15, -0.1) is 0 Å². The summed E-state index contributed by atoms with van der Waals surface area (Å²) >= 11 is 3.06. The molecule has 4 atom stereocenters. The van der Waals surface area contributed by atoms with E-state index in [4.69, 9.17) is 0 Å². The van der Waals surface area contributed by atoms with Crippen molar-refractivity contribution in [1.82, 2.24) is 5.32 Å². The van der Waals surface area contributed by atoms with E-state index in [0.717, 1.165) is 17.4 Å². The quantitative estimate of drug-likeness (QED) is 0.381. The highest BCUT2D eigenvalue weighted by Gasteiger charge is 2.78. The van der Waals surface area contributed by atoms with Gasteiger partial charge in [-0.05, 0) is 31.5 Å². The van der Waals surface area contributed by atoms with Crippen LogP contribution in [0.25, 0.3) is 0 Å². The van der Waals surface area contributed by atoms with E-state index < -0.39 is 66.7 Å². The summed E-state index contributed by atoms with van der Waals surface area (Å²) < 4.78 is 93.7. The number of nitrogens with one attached hydrogen (secondary N) is 1. The molecule has 2 rings (SSSR count). The molecule has 7 nitrogen and oxygen atoms in total. The van der Waals surface area contributed by atoms with E-state index in [-0.39, 0.29) is 5.56 Å². The molecule has 1 aromatic carbocycles. The number of carbonyl (C=O) groups excluding carboxylic acids is 2. The fourth-order valence-corrected chi connectivity index (χ4v) is 4.09. The van der Waals surface area contributed by atoms with E-state index in [0.29, 0.717) is 4.47 Å². The summed E-state index contributed by atoms with van der Waals surface area (Å²) in [6, 6.07) is 4.57. The Hall–Kier alpha value is -1.90. The van der Waals surface area contributed by atoms with Crippen LogP contribution in [0.5, 0.6) is 0 Å². The average molecular weight is 552 g/mol. The van der Waals surface area contributed by atoms with Gasteiger partial charge in [0.15, 0.2) is 0 Å². The smallest absolute Gasteiger partial charge is 0.432 e. The van der Waals surface area contributed by atoms with Gasteiger partial charge in [-0.1, -0.05) is 28.1 Å². The number of hydrogen-bond donors (Lipinski definition) is 3. The first-order chi connectivity index (χ1) is 15.0. The number of halogens is 7. The van der Waals surface area contributed by atoms with Crippen molar-refractivity contribution < 1.29 is 55.6 Å². The van der Waals surface area contributed by atoms with Crippen LogP contribution in [-0.4, -0.2) is 59.2 Å². The summed E-state index contributed by atoms with van der Waals surface area (Å²) in [4.78, 5) is 25.3. The molecule has 0 aromatic heterocycles. The highest BCUT2D eigenvalue weighted by atomic mass is 79.9. The maximum absolute atomic E-state index is 14.0. The summed E-state index contributed by atoms with van der Waals surface area (Å²) in [6.45, 7) is 1.49. The Balaban J connectivity index is 2.95. The van der Waals surface area contributed by atoms with Crippen LogP contribution in [0.1, 0.15) is 25.3 Å². The van der Waals surface area contributed by atoms with Crippen LogP contribution in [0, 0.1) is 11.8 Å². The first-order valence-corrected chi connectivity index (χ1v) is 10.3. The number of ether oxygens (including phenoxy) is 2. The molecular formula is C19H20BrF6NO6. The third-order valence-corrected chi connectivity index (χ3v) is 5.73. The maximum Gasteiger partial charge on any atom is 0.432 e. The monoisotopic (exact) mass is 551 g/mol. The lowest BCUT2D eigenvalue weighted by Crippen LogP contribution is -2.81. The van der Waals surface area contributed by atoms with E-state index in [1.807, 2.05) is 0 Å². The number of benzene rings is 1. The van der Waals surface area contributed by atoms with Crippen molar-refractivity contribution in [3.8, 4) is 0 Å². The van der Waals surface area contributed by atoms with Crippen molar-refractivity contribution in [1.29, 1.82) is 0 Å². The number of rotatable bonds is 5. The van der Waals surface area contributed by atoms with Gasteiger partial charge in [0, 0.05) is 10.4 Å². The summed E-state index contributed by atoms with van der Waals surface area (Å²) in [5.41, 5.74) is -9.66. The minimum Gasteiger partial charge on any atom is -0.466 e. The maximum atomic E-state index is 14.0. The van der Waals surface area contributed by atoms with Crippen LogP contribution in [-0.2, 0) is 19.1 Å². The molecule has 4 unspecified atom stereocenters. The predicted octanol–water partition coefficient (Wildman–Crippen LogP) is 3.00. The molecule has 1 saturated heterocycles. The van der Waals surface area contributed by atoms with Gasteiger partial charge in [0.25, 0.3) is 0 Å². The highest BCUT2D eigenvalue weighted by molar-refractivity contribution is 9.10. The van der Waals surface area contributed by atoms with Crippen LogP contribution in [0.3, 0.4) is 0 Å².